The highest BCUT2D eigenvalue weighted by Crippen LogP contribution is 2.42. The molecule has 0 aromatic heterocycles. The van der Waals surface area contributed by atoms with Gasteiger partial charge in [0.05, 0.1) is 5.41 Å². The predicted octanol–water partition coefficient (Wildman–Crippen LogP) is 3.36. The number of carbonyl (C=O) groups is 2. The fourth-order valence-corrected chi connectivity index (χ4v) is 4.79. The molecule has 2 aromatic rings. The van der Waals surface area contributed by atoms with E-state index in [1.807, 2.05) is 66.5 Å². The number of aliphatic carboxylic acids is 1. The van der Waals surface area contributed by atoms with Gasteiger partial charge in [-0.05, 0) is 56.1 Å². The van der Waals surface area contributed by atoms with Crippen LogP contribution < -0.4 is 0 Å². The maximum absolute atomic E-state index is 13.1. The molecule has 2 aromatic carbocycles. The summed E-state index contributed by atoms with van der Waals surface area (Å²) in [4.78, 5) is 29.1. The van der Waals surface area contributed by atoms with Crippen molar-refractivity contribution in [3.63, 3.8) is 0 Å². The Morgan fingerprint density at radius 3 is 2.32 bits per heavy atom. The number of carboxylic acid groups (broad SMARTS) is 1. The second-order valence-corrected chi connectivity index (χ2v) is 8.01. The summed E-state index contributed by atoms with van der Waals surface area (Å²) in [5, 5.41) is 9.89. The van der Waals surface area contributed by atoms with Crippen LogP contribution in [0.25, 0.3) is 11.1 Å². The quantitative estimate of drug-likeness (QED) is 0.890. The van der Waals surface area contributed by atoms with Crippen molar-refractivity contribution in [2.45, 2.75) is 25.3 Å². The van der Waals surface area contributed by atoms with Crippen molar-refractivity contribution in [1.82, 2.24) is 9.80 Å². The molecular formula is C23H26N2O3. The monoisotopic (exact) mass is 378 g/mol. The Bertz CT molecular complexity index is 865. The molecular weight excluding hydrogens is 352 g/mol. The zero-order valence-electron chi connectivity index (χ0n) is 16.2. The van der Waals surface area contributed by atoms with Crippen LogP contribution in [0, 0.1) is 5.41 Å². The number of rotatable bonds is 3. The molecule has 4 rings (SSSR count). The Balaban J connectivity index is 1.52. The Labute approximate surface area is 165 Å². The van der Waals surface area contributed by atoms with Gasteiger partial charge in [-0.25, -0.2) is 0 Å². The van der Waals surface area contributed by atoms with Crippen molar-refractivity contribution in [1.29, 1.82) is 0 Å². The predicted molar refractivity (Wildman–Crippen MR) is 108 cm³/mol. The van der Waals surface area contributed by atoms with Crippen LogP contribution in [0.4, 0.5) is 0 Å². The minimum absolute atomic E-state index is 0.0161. The second kappa shape index (κ2) is 7.40. The lowest BCUT2D eigenvalue weighted by atomic mass is 9.68. The van der Waals surface area contributed by atoms with E-state index in [-0.39, 0.29) is 11.9 Å². The summed E-state index contributed by atoms with van der Waals surface area (Å²) in [6.45, 7) is 1.85. The molecule has 0 aliphatic carbocycles. The summed E-state index contributed by atoms with van der Waals surface area (Å²) in [5.41, 5.74) is 2.13. The summed E-state index contributed by atoms with van der Waals surface area (Å²) < 4.78 is 0. The third-order valence-electron chi connectivity index (χ3n) is 6.48. The summed E-state index contributed by atoms with van der Waals surface area (Å²) in [6.07, 6.45) is 2.12. The lowest BCUT2D eigenvalue weighted by Crippen LogP contribution is -2.63. The van der Waals surface area contributed by atoms with E-state index in [2.05, 4.69) is 4.90 Å². The highest BCUT2D eigenvalue weighted by molar-refractivity contribution is 5.95. The molecule has 1 amide bonds. The van der Waals surface area contributed by atoms with Gasteiger partial charge in [0.1, 0.15) is 0 Å². The zero-order chi connectivity index (χ0) is 19.7. The van der Waals surface area contributed by atoms with E-state index in [0.29, 0.717) is 31.5 Å². The number of carboxylic acids is 1. The fraction of sp³-hybridized carbons (Fsp3) is 0.391. The topological polar surface area (TPSA) is 60.9 Å². The number of likely N-dealkylation sites (tertiary alicyclic amines) is 2. The normalized spacial score (nSPS) is 25.2. The number of amides is 1. The van der Waals surface area contributed by atoms with E-state index in [9.17, 15) is 14.7 Å². The van der Waals surface area contributed by atoms with E-state index in [4.69, 9.17) is 0 Å². The van der Waals surface area contributed by atoms with Gasteiger partial charge in [-0.3, -0.25) is 9.59 Å². The van der Waals surface area contributed by atoms with Crippen LogP contribution in [0.5, 0.6) is 0 Å². The molecule has 2 aliphatic rings. The summed E-state index contributed by atoms with van der Waals surface area (Å²) in [7, 11) is 1.98. The Morgan fingerprint density at radius 2 is 1.64 bits per heavy atom. The third-order valence-corrected chi connectivity index (χ3v) is 6.48. The van der Waals surface area contributed by atoms with Crippen LogP contribution in [0.2, 0.25) is 0 Å². The van der Waals surface area contributed by atoms with Crippen LogP contribution in [-0.4, -0.2) is 59.5 Å². The van der Waals surface area contributed by atoms with Crippen molar-refractivity contribution in [3.05, 3.63) is 60.2 Å². The molecule has 2 atom stereocenters. The van der Waals surface area contributed by atoms with Gasteiger partial charge in [-0.2, -0.15) is 0 Å². The van der Waals surface area contributed by atoms with E-state index in [1.54, 1.807) is 0 Å². The number of hydrogen-bond donors (Lipinski definition) is 1. The number of carbonyl (C=O) groups excluding carboxylic acids is 1. The van der Waals surface area contributed by atoms with Gasteiger partial charge in [0, 0.05) is 24.7 Å². The molecule has 28 heavy (non-hydrogen) atoms. The molecule has 5 nitrogen and oxygen atoms in total. The van der Waals surface area contributed by atoms with Gasteiger partial charge in [0.15, 0.2) is 0 Å². The Kier molecular flexibility index (Phi) is 4.94. The standard InChI is InChI=1S/C23H26N2O3/c1-24-14-5-12-23(22(27)28)13-15-25(16-20(23)24)21(26)19-10-8-18(9-11-19)17-6-3-2-4-7-17/h2-4,6-11,20H,5,12-16H2,1H3,(H,27,28)/t20-,23+/m1/s1. The Morgan fingerprint density at radius 1 is 0.964 bits per heavy atom. The number of benzene rings is 2. The largest absolute Gasteiger partial charge is 0.481 e. The first-order valence-electron chi connectivity index (χ1n) is 9.90. The SMILES string of the molecule is CN1CCC[C@]2(C(=O)O)CCN(C(=O)c3ccc(-c4ccccc4)cc3)C[C@@H]12. The van der Waals surface area contributed by atoms with E-state index >= 15 is 0 Å². The van der Waals surface area contributed by atoms with Gasteiger partial charge in [0.2, 0.25) is 0 Å². The first-order chi connectivity index (χ1) is 13.5. The Hall–Kier alpha value is -2.66. The van der Waals surface area contributed by atoms with Crippen molar-refractivity contribution < 1.29 is 14.7 Å². The van der Waals surface area contributed by atoms with Crippen LogP contribution in [0.15, 0.2) is 54.6 Å². The molecule has 0 saturated carbocycles. The van der Waals surface area contributed by atoms with E-state index in [0.717, 1.165) is 24.1 Å². The van der Waals surface area contributed by atoms with Crippen molar-refractivity contribution >= 4 is 11.9 Å². The highest BCUT2D eigenvalue weighted by Gasteiger charge is 2.52. The lowest BCUT2D eigenvalue weighted by Gasteiger charge is -2.51. The first kappa shape index (κ1) is 18.7. The molecule has 0 radical (unpaired) electrons. The average Bonchev–Trinajstić information content (AvgIpc) is 2.74. The number of fused-ring (bicyclic) bond motifs is 1. The van der Waals surface area contributed by atoms with Crippen LogP contribution in [0.3, 0.4) is 0 Å². The maximum Gasteiger partial charge on any atom is 0.311 e. The second-order valence-electron chi connectivity index (χ2n) is 8.01. The molecule has 1 N–H and O–H groups in total. The van der Waals surface area contributed by atoms with Gasteiger partial charge >= 0.3 is 5.97 Å². The van der Waals surface area contributed by atoms with E-state index in [1.165, 1.54) is 0 Å². The van der Waals surface area contributed by atoms with Crippen molar-refractivity contribution in [3.8, 4) is 11.1 Å². The molecule has 146 valence electrons. The van der Waals surface area contributed by atoms with Crippen LogP contribution in [0.1, 0.15) is 29.6 Å². The average molecular weight is 378 g/mol. The van der Waals surface area contributed by atoms with Crippen LogP contribution in [-0.2, 0) is 4.79 Å². The first-order valence-corrected chi connectivity index (χ1v) is 9.90. The summed E-state index contributed by atoms with van der Waals surface area (Å²) in [5.74, 6) is -0.735. The summed E-state index contributed by atoms with van der Waals surface area (Å²) >= 11 is 0. The van der Waals surface area contributed by atoms with Gasteiger partial charge in [-0.15, -0.1) is 0 Å². The molecule has 2 fully saturated rings. The molecule has 2 heterocycles. The number of nitrogens with zero attached hydrogens (tertiary/aromatic N) is 2. The maximum atomic E-state index is 13.1. The molecule has 5 heteroatoms. The van der Waals surface area contributed by atoms with Crippen molar-refractivity contribution in [2.24, 2.45) is 5.41 Å². The fourth-order valence-electron chi connectivity index (χ4n) is 4.79. The lowest BCUT2D eigenvalue weighted by molar-refractivity contribution is -0.161. The molecule has 0 spiro atoms. The zero-order valence-corrected chi connectivity index (χ0v) is 16.2. The number of hydrogen-bond acceptors (Lipinski definition) is 3. The van der Waals surface area contributed by atoms with Gasteiger partial charge < -0.3 is 14.9 Å². The smallest absolute Gasteiger partial charge is 0.311 e. The number of piperidine rings is 2. The molecule has 2 saturated heterocycles. The minimum atomic E-state index is -0.721. The van der Waals surface area contributed by atoms with E-state index < -0.39 is 11.4 Å². The number of likely N-dealkylation sites (N-methyl/N-ethyl adjacent to an activating group) is 1. The summed E-state index contributed by atoms with van der Waals surface area (Å²) in [6, 6.07) is 17.6. The van der Waals surface area contributed by atoms with Gasteiger partial charge in [0.25, 0.3) is 5.91 Å². The molecule has 0 unspecified atom stereocenters. The third kappa shape index (κ3) is 3.20. The van der Waals surface area contributed by atoms with Crippen LogP contribution >= 0.6 is 0 Å². The van der Waals surface area contributed by atoms with Gasteiger partial charge in [-0.1, -0.05) is 42.5 Å². The molecule has 0 bridgehead atoms. The molecule has 2 aliphatic heterocycles. The minimum Gasteiger partial charge on any atom is -0.481 e. The van der Waals surface area contributed by atoms with Crippen molar-refractivity contribution in [2.75, 3.05) is 26.7 Å². The highest BCUT2D eigenvalue weighted by atomic mass is 16.4.